The second-order valence-electron chi connectivity index (χ2n) is 4.02. The van der Waals surface area contributed by atoms with E-state index >= 15 is 0 Å². The number of benzene rings is 2. The van der Waals surface area contributed by atoms with E-state index in [1.54, 1.807) is 18.2 Å². The SMILES string of the molecule is Cc1ccc(C#N)c(Oc2cccc(CO)c2)c1. The highest BCUT2D eigenvalue weighted by atomic mass is 16.5. The van der Waals surface area contributed by atoms with Crippen molar-refractivity contribution in [3.05, 3.63) is 59.2 Å². The lowest BCUT2D eigenvalue weighted by atomic mass is 10.1. The number of aliphatic hydroxyl groups is 1. The maximum atomic E-state index is 9.07. The molecule has 0 aromatic heterocycles. The molecule has 0 saturated carbocycles. The summed E-state index contributed by atoms with van der Waals surface area (Å²) in [6, 6.07) is 14.7. The van der Waals surface area contributed by atoms with Crippen LogP contribution in [0.2, 0.25) is 0 Å². The van der Waals surface area contributed by atoms with Gasteiger partial charge in [0.05, 0.1) is 12.2 Å². The van der Waals surface area contributed by atoms with Gasteiger partial charge in [-0.25, -0.2) is 0 Å². The van der Waals surface area contributed by atoms with Crippen molar-refractivity contribution in [1.82, 2.24) is 0 Å². The van der Waals surface area contributed by atoms with E-state index in [4.69, 9.17) is 15.1 Å². The quantitative estimate of drug-likeness (QED) is 0.895. The summed E-state index contributed by atoms with van der Waals surface area (Å²) >= 11 is 0. The van der Waals surface area contributed by atoms with Gasteiger partial charge in [0.1, 0.15) is 17.6 Å². The first-order chi connectivity index (χ1) is 8.72. The highest BCUT2D eigenvalue weighted by molar-refractivity contribution is 5.47. The van der Waals surface area contributed by atoms with Crippen molar-refractivity contribution in [2.75, 3.05) is 0 Å². The Morgan fingerprint density at radius 1 is 1.22 bits per heavy atom. The third kappa shape index (κ3) is 2.68. The first kappa shape index (κ1) is 12.2. The minimum Gasteiger partial charge on any atom is -0.456 e. The molecular formula is C15H13NO2. The van der Waals surface area contributed by atoms with Crippen LogP contribution in [0.1, 0.15) is 16.7 Å². The van der Waals surface area contributed by atoms with Crippen LogP contribution in [0.4, 0.5) is 0 Å². The predicted octanol–water partition coefficient (Wildman–Crippen LogP) is 3.15. The molecule has 0 bridgehead atoms. The Kier molecular flexibility index (Phi) is 3.61. The Hall–Kier alpha value is -2.31. The van der Waals surface area contributed by atoms with Gasteiger partial charge in [-0.2, -0.15) is 5.26 Å². The van der Waals surface area contributed by atoms with Crippen molar-refractivity contribution in [2.24, 2.45) is 0 Å². The molecule has 0 aliphatic carbocycles. The summed E-state index contributed by atoms with van der Waals surface area (Å²) in [4.78, 5) is 0. The molecule has 0 aliphatic rings. The summed E-state index contributed by atoms with van der Waals surface area (Å²) in [7, 11) is 0. The van der Waals surface area contributed by atoms with Crippen LogP contribution in [0, 0.1) is 18.3 Å². The average Bonchev–Trinajstić information content (AvgIpc) is 2.39. The molecule has 1 N–H and O–H groups in total. The van der Waals surface area contributed by atoms with Gasteiger partial charge >= 0.3 is 0 Å². The van der Waals surface area contributed by atoms with Gasteiger partial charge in [0.25, 0.3) is 0 Å². The highest BCUT2D eigenvalue weighted by Crippen LogP contribution is 2.26. The fourth-order valence-electron chi connectivity index (χ4n) is 1.64. The zero-order valence-corrected chi connectivity index (χ0v) is 10.1. The lowest BCUT2D eigenvalue weighted by Crippen LogP contribution is -1.90. The molecule has 2 aromatic rings. The third-order valence-corrected chi connectivity index (χ3v) is 2.57. The van der Waals surface area contributed by atoms with Crippen molar-refractivity contribution in [3.63, 3.8) is 0 Å². The van der Waals surface area contributed by atoms with Crippen LogP contribution >= 0.6 is 0 Å². The summed E-state index contributed by atoms with van der Waals surface area (Å²) in [6.07, 6.45) is 0. The second-order valence-corrected chi connectivity index (χ2v) is 4.02. The van der Waals surface area contributed by atoms with Gasteiger partial charge in [-0.1, -0.05) is 18.2 Å². The van der Waals surface area contributed by atoms with Crippen LogP contribution < -0.4 is 4.74 Å². The van der Waals surface area contributed by atoms with Crippen molar-refractivity contribution in [3.8, 4) is 17.6 Å². The average molecular weight is 239 g/mol. The molecule has 0 radical (unpaired) electrons. The second kappa shape index (κ2) is 5.35. The number of ether oxygens (including phenoxy) is 1. The Labute approximate surface area is 106 Å². The van der Waals surface area contributed by atoms with Crippen LogP contribution in [0.5, 0.6) is 11.5 Å². The summed E-state index contributed by atoms with van der Waals surface area (Å²) in [5.41, 5.74) is 2.30. The molecule has 0 aliphatic heterocycles. The molecule has 0 atom stereocenters. The zero-order chi connectivity index (χ0) is 13.0. The molecule has 0 unspecified atom stereocenters. The first-order valence-corrected chi connectivity index (χ1v) is 5.61. The van der Waals surface area contributed by atoms with Crippen LogP contribution in [0.3, 0.4) is 0 Å². The molecule has 0 spiro atoms. The molecule has 3 heteroatoms. The predicted molar refractivity (Wildman–Crippen MR) is 68.3 cm³/mol. The van der Waals surface area contributed by atoms with Crippen LogP contribution in [0.25, 0.3) is 0 Å². The standard InChI is InChI=1S/C15H13NO2/c1-11-5-6-13(9-16)15(7-11)18-14-4-2-3-12(8-14)10-17/h2-8,17H,10H2,1H3. The van der Waals surface area contributed by atoms with Gasteiger partial charge in [-0.05, 0) is 42.3 Å². The Morgan fingerprint density at radius 2 is 2.06 bits per heavy atom. The minimum atomic E-state index is -0.0316. The molecule has 90 valence electrons. The van der Waals surface area contributed by atoms with Gasteiger partial charge in [0.15, 0.2) is 0 Å². The molecule has 0 heterocycles. The van der Waals surface area contributed by atoms with E-state index < -0.39 is 0 Å². The molecule has 0 fully saturated rings. The molecule has 0 amide bonds. The zero-order valence-electron chi connectivity index (χ0n) is 10.1. The van der Waals surface area contributed by atoms with Gasteiger partial charge in [0.2, 0.25) is 0 Å². The summed E-state index contributed by atoms with van der Waals surface area (Å²) in [5, 5.41) is 18.1. The van der Waals surface area contributed by atoms with Gasteiger partial charge in [0, 0.05) is 0 Å². The monoisotopic (exact) mass is 239 g/mol. The van der Waals surface area contributed by atoms with E-state index in [0.717, 1.165) is 11.1 Å². The number of nitriles is 1. The topological polar surface area (TPSA) is 53.2 Å². The van der Waals surface area contributed by atoms with E-state index in [-0.39, 0.29) is 6.61 Å². The molecule has 3 nitrogen and oxygen atoms in total. The lowest BCUT2D eigenvalue weighted by molar-refractivity contribution is 0.281. The summed E-state index contributed by atoms with van der Waals surface area (Å²) in [5.74, 6) is 1.15. The summed E-state index contributed by atoms with van der Waals surface area (Å²) < 4.78 is 5.69. The Morgan fingerprint density at radius 3 is 2.78 bits per heavy atom. The van der Waals surface area contributed by atoms with Crippen LogP contribution in [-0.2, 0) is 6.61 Å². The molecule has 18 heavy (non-hydrogen) atoms. The molecule has 2 rings (SSSR count). The highest BCUT2D eigenvalue weighted by Gasteiger charge is 2.05. The maximum absolute atomic E-state index is 9.07. The summed E-state index contributed by atoms with van der Waals surface area (Å²) in [6.45, 7) is 1.91. The largest absolute Gasteiger partial charge is 0.456 e. The third-order valence-electron chi connectivity index (χ3n) is 2.57. The smallest absolute Gasteiger partial charge is 0.145 e. The van der Waals surface area contributed by atoms with Crippen molar-refractivity contribution in [2.45, 2.75) is 13.5 Å². The van der Waals surface area contributed by atoms with Crippen molar-refractivity contribution >= 4 is 0 Å². The fourth-order valence-corrected chi connectivity index (χ4v) is 1.64. The number of hydrogen-bond donors (Lipinski definition) is 1. The van der Waals surface area contributed by atoms with E-state index in [1.165, 1.54) is 0 Å². The molecular weight excluding hydrogens is 226 g/mol. The fraction of sp³-hybridized carbons (Fsp3) is 0.133. The van der Waals surface area contributed by atoms with E-state index in [0.29, 0.717) is 17.1 Å². The minimum absolute atomic E-state index is 0.0316. The lowest BCUT2D eigenvalue weighted by Gasteiger charge is -2.09. The van der Waals surface area contributed by atoms with Gasteiger partial charge in [-0.15, -0.1) is 0 Å². The van der Waals surface area contributed by atoms with Gasteiger partial charge < -0.3 is 9.84 Å². The number of hydrogen-bond acceptors (Lipinski definition) is 3. The number of aryl methyl sites for hydroxylation is 1. The number of rotatable bonds is 3. The van der Waals surface area contributed by atoms with Crippen LogP contribution in [-0.4, -0.2) is 5.11 Å². The van der Waals surface area contributed by atoms with E-state index in [1.807, 2.05) is 31.2 Å². The van der Waals surface area contributed by atoms with Gasteiger partial charge in [-0.3, -0.25) is 0 Å². The number of aliphatic hydroxyl groups excluding tert-OH is 1. The molecule has 2 aromatic carbocycles. The van der Waals surface area contributed by atoms with E-state index in [2.05, 4.69) is 6.07 Å². The normalized spacial score (nSPS) is 9.83. The van der Waals surface area contributed by atoms with E-state index in [9.17, 15) is 0 Å². The Bertz CT molecular complexity index is 600. The first-order valence-electron chi connectivity index (χ1n) is 5.61. The van der Waals surface area contributed by atoms with Crippen molar-refractivity contribution in [1.29, 1.82) is 5.26 Å². The molecule has 0 saturated heterocycles. The van der Waals surface area contributed by atoms with Crippen LogP contribution in [0.15, 0.2) is 42.5 Å². The number of nitrogens with zero attached hydrogens (tertiary/aromatic N) is 1. The van der Waals surface area contributed by atoms with Crippen molar-refractivity contribution < 1.29 is 9.84 Å². The Balaban J connectivity index is 2.33. The maximum Gasteiger partial charge on any atom is 0.145 e.